The van der Waals surface area contributed by atoms with Crippen molar-refractivity contribution in [3.8, 4) is 0 Å². The first-order valence-electron chi connectivity index (χ1n) is 13.9. The Hall–Kier alpha value is -5.15. The fourth-order valence-electron chi connectivity index (χ4n) is 5.57. The summed E-state index contributed by atoms with van der Waals surface area (Å²) in [7, 11) is 1.36. The quantitative estimate of drug-likeness (QED) is 0.166. The van der Waals surface area contributed by atoms with E-state index in [1.807, 2.05) is 6.07 Å². The predicted molar refractivity (Wildman–Crippen MR) is 168 cm³/mol. The third-order valence-electron chi connectivity index (χ3n) is 7.56. The number of rotatable bonds is 10. The summed E-state index contributed by atoms with van der Waals surface area (Å²) in [4.78, 5) is 46.0. The van der Waals surface area contributed by atoms with E-state index < -0.39 is 63.7 Å². The number of hydrogen-bond donors (Lipinski definition) is 4. The number of imidazole rings is 1. The van der Waals surface area contributed by atoms with Gasteiger partial charge in [-0.25, -0.2) is 18.6 Å². The van der Waals surface area contributed by atoms with Crippen molar-refractivity contribution >= 4 is 56.7 Å². The Morgan fingerprint density at radius 1 is 1.15 bits per heavy atom. The fraction of sp³-hybridized carbons (Fsp3) is 0.226. The van der Waals surface area contributed by atoms with Crippen molar-refractivity contribution in [2.75, 3.05) is 16.2 Å². The normalized spacial score (nSPS) is 12.7. The summed E-state index contributed by atoms with van der Waals surface area (Å²) < 4.78 is 57.2. The van der Waals surface area contributed by atoms with Crippen LogP contribution in [0, 0.1) is 32.4 Å². The summed E-state index contributed by atoms with van der Waals surface area (Å²) in [5, 5.41) is 14.7. The SMILES string of the molecule is Cc1cc(C)c(N(C(CNC(=O)c2cn(C)c3c(F)c(CNc4nc5ccccc5[nH]4)c(F)cc3c2=O)C(=O)O)S(=O)[O-])c(C)c1. The second-order valence-electron chi connectivity index (χ2n) is 10.8. The number of halogens is 2. The van der Waals surface area contributed by atoms with Crippen molar-refractivity contribution < 1.29 is 32.2 Å². The second-order valence-corrected chi connectivity index (χ2v) is 11.7. The molecule has 240 valence electrons. The first-order chi connectivity index (χ1) is 21.8. The molecular formula is C31H29F2N6O6S-. The van der Waals surface area contributed by atoms with Gasteiger partial charge in [-0.2, -0.15) is 0 Å². The zero-order valence-corrected chi connectivity index (χ0v) is 25.9. The summed E-state index contributed by atoms with van der Waals surface area (Å²) in [6, 6.07) is 9.61. The maximum absolute atomic E-state index is 15.7. The molecule has 4 N–H and O–H groups in total. The molecule has 5 rings (SSSR count). The number of aromatic amines is 1. The number of para-hydroxylation sites is 2. The molecule has 12 nitrogen and oxygen atoms in total. The van der Waals surface area contributed by atoms with E-state index in [9.17, 15) is 28.3 Å². The van der Waals surface area contributed by atoms with Gasteiger partial charge in [-0.3, -0.25) is 18.1 Å². The average molecular weight is 652 g/mol. The van der Waals surface area contributed by atoms with Crippen LogP contribution >= 0.6 is 0 Å². The van der Waals surface area contributed by atoms with E-state index >= 15 is 8.78 Å². The number of nitrogens with one attached hydrogen (secondary N) is 3. The van der Waals surface area contributed by atoms with Gasteiger partial charge in [0.1, 0.15) is 11.4 Å². The number of carboxylic acid groups (broad SMARTS) is 1. The minimum Gasteiger partial charge on any atom is -0.755 e. The minimum atomic E-state index is -3.05. The van der Waals surface area contributed by atoms with E-state index in [0.717, 1.165) is 27.9 Å². The zero-order valence-electron chi connectivity index (χ0n) is 25.1. The number of anilines is 2. The van der Waals surface area contributed by atoms with E-state index in [4.69, 9.17) is 0 Å². The van der Waals surface area contributed by atoms with Crippen LogP contribution in [0.2, 0.25) is 0 Å². The number of aromatic nitrogens is 3. The molecule has 0 radical (unpaired) electrons. The molecule has 0 saturated carbocycles. The molecule has 2 aromatic heterocycles. The highest BCUT2D eigenvalue weighted by atomic mass is 32.2. The van der Waals surface area contributed by atoms with Crippen molar-refractivity contribution in [3.63, 3.8) is 0 Å². The number of aliphatic carboxylic acids is 1. The van der Waals surface area contributed by atoms with Crippen LogP contribution < -0.4 is 20.4 Å². The largest absolute Gasteiger partial charge is 0.755 e. The zero-order chi connectivity index (χ0) is 33.4. The average Bonchev–Trinajstić information content (AvgIpc) is 3.40. The molecule has 3 aromatic carbocycles. The Morgan fingerprint density at radius 2 is 1.83 bits per heavy atom. The van der Waals surface area contributed by atoms with E-state index in [1.54, 1.807) is 51.1 Å². The van der Waals surface area contributed by atoms with E-state index in [1.165, 1.54) is 7.05 Å². The predicted octanol–water partition coefficient (Wildman–Crippen LogP) is 3.71. The standard InChI is InChI=1S/C31H30F2N6O6S/c1-15-9-16(2)26(17(3)10-15)39(46(44)45)24(30(42)43)13-34-29(41)20-14-38(4)27-18(28(20)40)11-21(32)19(25(27)33)12-35-31-36-22-7-5-6-8-23(22)37-31/h5-11,14,24H,12-13H2,1-4H3,(H,34,41)(H,42,43)(H,44,45)(H2,35,36,37)/p-1. The highest BCUT2D eigenvalue weighted by molar-refractivity contribution is 7.80. The van der Waals surface area contributed by atoms with Gasteiger partial charge in [0.05, 0.1) is 34.2 Å². The molecule has 5 aromatic rings. The Labute approximate surface area is 263 Å². The summed E-state index contributed by atoms with van der Waals surface area (Å²) in [6.45, 7) is 4.04. The van der Waals surface area contributed by atoms with Crippen molar-refractivity contribution in [3.05, 3.63) is 98.3 Å². The molecule has 0 fully saturated rings. The molecule has 0 saturated heterocycles. The van der Waals surface area contributed by atoms with Crippen molar-refractivity contribution in [1.29, 1.82) is 0 Å². The first-order valence-corrected chi connectivity index (χ1v) is 15.0. The number of fused-ring (bicyclic) bond motifs is 2. The number of pyridine rings is 1. The smallest absolute Gasteiger partial charge is 0.329 e. The molecule has 1 amide bonds. The Morgan fingerprint density at radius 3 is 2.46 bits per heavy atom. The van der Waals surface area contributed by atoms with Gasteiger partial charge in [0, 0.05) is 36.6 Å². The van der Waals surface area contributed by atoms with Gasteiger partial charge in [0.2, 0.25) is 11.4 Å². The molecule has 0 aliphatic carbocycles. The van der Waals surface area contributed by atoms with Gasteiger partial charge in [-0.05, 0) is 50.1 Å². The molecular weight excluding hydrogens is 622 g/mol. The Bertz CT molecular complexity index is 2060. The molecule has 0 spiro atoms. The number of carbonyl (C=O) groups excluding carboxylic acids is 1. The van der Waals surface area contributed by atoms with Crippen LogP contribution in [0.25, 0.3) is 21.9 Å². The third-order valence-corrected chi connectivity index (χ3v) is 8.32. The van der Waals surface area contributed by atoms with Crippen molar-refractivity contribution in [1.82, 2.24) is 19.9 Å². The summed E-state index contributed by atoms with van der Waals surface area (Å²) in [5.74, 6) is -4.38. The van der Waals surface area contributed by atoms with Gasteiger partial charge < -0.3 is 29.8 Å². The highest BCUT2D eigenvalue weighted by Crippen LogP contribution is 2.29. The monoisotopic (exact) mass is 651 g/mol. The van der Waals surface area contributed by atoms with E-state index in [2.05, 4.69) is 20.6 Å². The molecule has 2 unspecified atom stereocenters. The van der Waals surface area contributed by atoms with Crippen molar-refractivity contribution in [2.24, 2.45) is 7.05 Å². The molecule has 15 heteroatoms. The lowest BCUT2D eigenvalue weighted by atomic mass is 10.0. The Balaban J connectivity index is 1.42. The van der Waals surface area contributed by atoms with Crippen LogP contribution in [0.1, 0.15) is 32.6 Å². The maximum atomic E-state index is 15.7. The van der Waals surface area contributed by atoms with Gasteiger partial charge in [-0.1, -0.05) is 29.8 Å². The minimum absolute atomic E-state index is 0.138. The van der Waals surface area contributed by atoms with Gasteiger partial charge >= 0.3 is 5.97 Å². The van der Waals surface area contributed by atoms with E-state index in [0.29, 0.717) is 20.9 Å². The van der Waals surface area contributed by atoms with Gasteiger partial charge in [0.15, 0.2) is 11.9 Å². The van der Waals surface area contributed by atoms with Crippen LogP contribution in [-0.2, 0) is 29.7 Å². The highest BCUT2D eigenvalue weighted by Gasteiger charge is 2.31. The lowest BCUT2D eigenvalue weighted by molar-refractivity contribution is -0.138. The number of aryl methyl sites for hydroxylation is 4. The van der Waals surface area contributed by atoms with Crippen LogP contribution in [0.3, 0.4) is 0 Å². The summed E-state index contributed by atoms with van der Waals surface area (Å²) in [6.07, 6.45) is 1.05. The van der Waals surface area contributed by atoms with Crippen LogP contribution in [-0.4, -0.2) is 52.9 Å². The number of H-pyrrole nitrogens is 1. The second kappa shape index (κ2) is 12.7. The lowest BCUT2D eigenvalue weighted by Gasteiger charge is -2.34. The first kappa shape index (κ1) is 32.2. The summed E-state index contributed by atoms with van der Waals surface area (Å²) >= 11 is -3.05. The number of amides is 1. The number of carbonyl (C=O) groups is 2. The summed E-state index contributed by atoms with van der Waals surface area (Å²) in [5.41, 5.74) is 1.21. The van der Waals surface area contributed by atoms with Crippen LogP contribution in [0.4, 0.5) is 20.4 Å². The fourth-order valence-corrected chi connectivity index (χ4v) is 6.38. The molecule has 2 heterocycles. The van der Waals surface area contributed by atoms with E-state index in [-0.39, 0.29) is 29.3 Å². The number of hydrogen-bond acceptors (Lipinski definition) is 7. The third kappa shape index (κ3) is 6.06. The van der Waals surface area contributed by atoms with Gasteiger partial charge in [-0.15, -0.1) is 0 Å². The molecule has 0 aliphatic rings. The number of carboxylic acids is 1. The maximum Gasteiger partial charge on any atom is 0.329 e. The van der Waals surface area contributed by atoms with Crippen LogP contribution in [0.5, 0.6) is 0 Å². The topological polar surface area (TPSA) is 172 Å². The number of benzene rings is 3. The molecule has 46 heavy (non-hydrogen) atoms. The van der Waals surface area contributed by atoms with Crippen molar-refractivity contribution in [2.45, 2.75) is 33.4 Å². The number of nitrogens with zero attached hydrogens (tertiary/aromatic N) is 3. The van der Waals surface area contributed by atoms with Gasteiger partial charge in [0.25, 0.3) is 5.91 Å². The molecule has 0 aliphatic heterocycles. The Kier molecular flexibility index (Phi) is 8.90. The molecule has 2 atom stereocenters. The lowest BCUT2D eigenvalue weighted by Crippen LogP contribution is -2.50. The van der Waals surface area contributed by atoms with Crippen LogP contribution in [0.15, 0.2) is 53.5 Å². The molecule has 0 bridgehead atoms.